The number of methoxy groups -OCH3 is 1. The average molecular weight is 297 g/mol. The Labute approximate surface area is 122 Å². The van der Waals surface area contributed by atoms with Crippen LogP contribution in [0.3, 0.4) is 0 Å². The van der Waals surface area contributed by atoms with E-state index in [1.807, 2.05) is 6.92 Å². The van der Waals surface area contributed by atoms with Crippen LogP contribution < -0.4 is 0 Å². The van der Waals surface area contributed by atoms with Gasteiger partial charge in [0.25, 0.3) is 5.91 Å². The molecule has 2 atom stereocenters. The SMILES string of the molecule is COC(=O)C1CN(C(=O)CN2C(=O)CN(C)C2=O)CC1C. The third-order valence-electron chi connectivity index (χ3n) is 3.99. The van der Waals surface area contributed by atoms with Crippen molar-refractivity contribution in [3.8, 4) is 0 Å². The summed E-state index contributed by atoms with van der Waals surface area (Å²) in [6.07, 6.45) is 0. The normalized spacial score (nSPS) is 25.8. The molecule has 21 heavy (non-hydrogen) atoms. The fourth-order valence-electron chi connectivity index (χ4n) is 2.69. The molecule has 0 aliphatic carbocycles. The van der Waals surface area contributed by atoms with Gasteiger partial charge in [0.1, 0.15) is 13.1 Å². The van der Waals surface area contributed by atoms with E-state index in [-0.39, 0.29) is 49.3 Å². The van der Waals surface area contributed by atoms with Crippen LogP contribution in [0.1, 0.15) is 6.92 Å². The molecule has 2 fully saturated rings. The van der Waals surface area contributed by atoms with Crippen LogP contribution in [0.4, 0.5) is 4.79 Å². The van der Waals surface area contributed by atoms with Crippen molar-refractivity contribution in [2.45, 2.75) is 6.92 Å². The fourth-order valence-corrected chi connectivity index (χ4v) is 2.69. The molecule has 2 saturated heterocycles. The average Bonchev–Trinajstić information content (AvgIpc) is 2.94. The van der Waals surface area contributed by atoms with Crippen LogP contribution in [0.15, 0.2) is 0 Å². The molecule has 0 N–H and O–H groups in total. The summed E-state index contributed by atoms with van der Waals surface area (Å²) in [5.41, 5.74) is 0. The molecule has 2 heterocycles. The zero-order chi connectivity index (χ0) is 15.7. The predicted octanol–water partition coefficient (Wildman–Crippen LogP) is -0.852. The first-order chi connectivity index (χ1) is 9.85. The molecule has 8 heteroatoms. The molecule has 0 aromatic carbocycles. The summed E-state index contributed by atoms with van der Waals surface area (Å²) in [5, 5.41) is 0. The Morgan fingerprint density at radius 2 is 1.95 bits per heavy atom. The Bertz CT molecular complexity index is 492. The Morgan fingerprint density at radius 3 is 2.48 bits per heavy atom. The monoisotopic (exact) mass is 297 g/mol. The van der Waals surface area contributed by atoms with E-state index in [0.29, 0.717) is 6.54 Å². The molecule has 2 unspecified atom stereocenters. The lowest BCUT2D eigenvalue weighted by Gasteiger charge is -2.20. The zero-order valence-electron chi connectivity index (χ0n) is 12.4. The van der Waals surface area contributed by atoms with Gasteiger partial charge in [0.15, 0.2) is 0 Å². The Morgan fingerprint density at radius 1 is 1.29 bits per heavy atom. The van der Waals surface area contributed by atoms with Crippen molar-refractivity contribution in [2.24, 2.45) is 11.8 Å². The minimum atomic E-state index is -0.467. The van der Waals surface area contributed by atoms with Gasteiger partial charge in [-0.05, 0) is 5.92 Å². The molecule has 8 nitrogen and oxygen atoms in total. The standard InChI is InChI=1S/C13H19N3O5/c1-8-4-15(5-9(8)12(19)21-3)10(17)7-16-11(18)6-14(2)13(16)20/h8-9H,4-7H2,1-3H3. The van der Waals surface area contributed by atoms with E-state index in [1.165, 1.54) is 24.0 Å². The van der Waals surface area contributed by atoms with Gasteiger partial charge in [0, 0.05) is 20.1 Å². The summed E-state index contributed by atoms with van der Waals surface area (Å²) in [7, 11) is 2.83. The number of rotatable bonds is 3. The number of nitrogens with zero attached hydrogens (tertiary/aromatic N) is 3. The third kappa shape index (κ3) is 2.84. The first-order valence-corrected chi connectivity index (χ1v) is 6.76. The summed E-state index contributed by atoms with van der Waals surface area (Å²) in [5.74, 6) is -1.41. The lowest BCUT2D eigenvalue weighted by Crippen LogP contribution is -2.42. The van der Waals surface area contributed by atoms with Crippen molar-refractivity contribution in [1.82, 2.24) is 14.7 Å². The number of hydrogen-bond donors (Lipinski definition) is 0. The molecule has 0 saturated carbocycles. The molecular formula is C13H19N3O5. The number of imide groups is 1. The van der Waals surface area contributed by atoms with Crippen LogP contribution in [-0.4, -0.2) is 78.9 Å². The van der Waals surface area contributed by atoms with Gasteiger partial charge in [-0.25, -0.2) is 4.79 Å². The van der Waals surface area contributed by atoms with E-state index in [1.54, 1.807) is 0 Å². The molecule has 0 aromatic rings. The van der Waals surface area contributed by atoms with Gasteiger partial charge >= 0.3 is 12.0 Å². The second-order valence-electron chi connectivity index (χ2n) is 5.52. The molecule has 2 aliphatic heterocycles. The van der Waals surface area contributed by atoms with Crippen molar-refractivity contribution in [3.63, 3.8) is 0 Å². The Kier molecular flexibility index (Phi) is 4.15. The van der Waals surface area contributed by atoms with Gasteiger partial charge < -0.3 is 14.5 Å². The van der Waals surface area contributed by atoms with Crippen molar-refractivity contribution < 1.29 is 23.9 Å². The van der Waals surface area contributed by atoms with Gasteiger partial charge in [-0.2, -0.15) is 0 Å². The molecule has 0 aromatic heterocycles. The van der Waals surface area contributed by atoms with E-state index in [2.05, 4.69) is 0 Å². The summed E-state index contributed by atoms with van der Waals surface area (Å²) in [6, 6.07) is -0.467. The zero-order valence-corrected chi connectivity index (χ0v) is 12.4. The topological polar surface area (TPSA) is 87.2 Å². The minimum Gasteiger partial charge on any atom is -0.469 e. The van der Waals surface area contributed by atoms with Crippen LogP contribution in [0.2, 0.25) is 0 Å². The first kappa shape index (κ1) is 15.3. The quantitative estimate of drug-likeness (QED) is 0.500. The number of carbonyl (C=O) groups excluding carboxylic acids is 4. The molecule has 2 rings (SSSR count). The maximum absolute atomic E-state index is 12.2. The van der Waals surface area contributed by atoms with Crippen LogP contribution in [0.25, 0.3) is 0 Å². The molecule has 2 aliphatic rings. The molecule has 0 spiro atoms. The van der Waals surface area contributed by atoms with E-state index in [0.717, 1.165) is 4.90 Å². The fraction of sp³-hybridized carbons (Fsp3) is 0.692. The lowest BCUT2D eigenvalue weighted by atomic mass is 9.99. The number of amides is 4. The van der Waals surface area contributed by atoms with Gasteiger partial charge in [0.05, 0.1) is 13.0 Å². The van der Waals surface area contributed by atoms with Crippen molar-refractivity contribution in [3.05, 3.63) is 0 Å². The number of carbonyl (C=O) groups is 4. The summed E-state index contributed by atoms with van der Waals surface area (Å²) in [4.78, 5) is 50.9. The minimum absolute atomic E-state index is 0.00550. The maximum atomic E-state index is 12.2. The predicted molar refractivity (Wildman–Crippen MR) is 71.0 cm³/mol. The number of urea groups is 1. The van der Waals surface area contributed by atoms with Crippen molar-refractivity contribution in [2.75, 3.05) is 40.3 Å². The molecule has 116 valence electrons. The van der Waals surface area contributed by atoms with Crippen LogP contribution in [0.5, 0.6) is 0 Å². The van der Waals surface area contributed by atoms with Crippen LogP contribution in [0, 0.1) is 11.8 Å². The second kappa shape index (κ2) is 5.71. The van der Waals surface area contributed by atoms with E-state index in [9.17, 15) is 19.2 Å². The van der Waals surface area contributed by atoms with E-state index in [4.69, 9.17) is 4.74 Å². The highest BCUT2D eigenvalue weighted by Gasteiger charge is 2.40. The van der Waals surface area contributed by atoms with Gasteiger partial charge in [0.2, 0.25) is 5.91 Å². The van der Waals surface area contributed by atoms with Crippen molar-refractivity contribution >= 4 is 23.8 Å². The van der Waals surface area contributed by atoms with Crippen LogP contribution >= 0.6 is 0 Å². The second-order valence-corrected chi connectivity index (χ2v) is 5.52. The summed E-state index contributed by atoms with van der Waals surface area (Å²) >= 11 is 0. The van der Waals surface area contributed by atoms with Gasteiger partial charge in [-0.3, -0.25) is 19.3 Å². The Hall–Kier alpha value is -2.12. The van der Waals surface area contributed by atoms with Crippen molar-refractivity contribution in [1.29, 1.82) is 0 Å². The molecular weight excluding hydrogens is 278 g/mol. The summed E-state index contributed by atoms with van der Waals surface area (Å²) in [6.45, 7) is 2.27. The lowest BCUT2D eigenvalue weighted by molar-refractivity contribution is -0.146. The van der Waals surface area contributed by atoms with E-state index < -0.39 is 6.03 Å². The third-order valence-corrected chi connectivity index (χ3v) is 3.99. The molecule has 0 bridgehead atoms. The highest BCUT2D eigenvalue weighted by Crippen LogP contribution is 2.24. The van der Waals surface area contributed by atoms with Crippen LogP contribution in [-0.2, 0) is 19.1 Å². The maximum Gasteiger partial charge on any atom is 0.327 e. The van der Waals surface area contributed by atoms with Gasteiger partial charge in [-0.15, -0.1) is 0 Å². The van der Waals surface area contributed by atoms with Gasteiger partial charge in [-0.1, -0.05) is 6.92 Å². The molecule has 0 radical (unpaired) electrons. The smallest absolute Gasteiger partial charge is 0.327 e. The Balaban J connectivity index is 1.97. The largest absolute Gasteiger partial charge is 0.469 e. The number of likely N-dealkylation sites (tertiary alicyclic amines) is 1. The van der Waals surface area contributed by atoms with E-state index >= 15 is 0 Å². The highest BCUT2D eigenvalue weighted by atomic mass is 16.5. The summed E-state index contributed by atoms with van der Waals surface area (Å²) < 4.78 is 4.71. The number of ether oxygens (including phenoxy) is 1. The number of esters is 1. The first-order valence-electron chi connectivity index (χ1n) is 6.76. The highest BCUT2D eigenvalue weighted by molar-refractivity contribution is 6.04. The number of hydrogen-bond acceptors (Lipinski definition) is 5. The molecule has 4 amide bonds. The number of likely N-dealkylation sites (N-methyl/N-ethyl adjacent to an activating group) is 1.